The van der Waals surface area contributed by atoms with Gasteiger partial charge in [-0.1, -0.05) is 24.3 Å². The summed E-state index contributed by atoms with van der Waals surface area (Å²) in [5.74, 6) is 0.875. The third-order valence-electron chi connectivity index (χ3n) is 3.05. The quantitative estimate of drug-likeness (QED) is 0.854. The van der Waals surface area contributed by atoms with Gasteiger partial charge in [-0.3, -0.25) is 4.98 Å². The predicted molar refractivity (Wildman–Crippen MR) is 63.8 cm³/mol. The Morgan fingerprint density at radius 1 is 1.24 bits per heavy atom. The summed E-state index contributed by atoms with van der Waals surface area (Å²) in [5.41, 5.74) is 1.95. The second kappa shape index (κ2) is 4.18. The van der Waals surface area contributed by atoms with Crippen LogP contribution in [0, 0.1) is 0 Å². The van der Waals surface area contributed by atoms with Crippen LogP contribution in [0.3, 0.4) is 0 Å². The maximum atomic E-state index is 10.2. The smallest absolute Gasteiger partial charge is 0.133 e. The molecular formula is C14H13NO2. The Morgan fingerprint density at radius 2 is 2.12 bits per heavy atom. The predicted octanol–water partition coefficient (Wildman–Crippen LogP) is 2.12. The molecule has 0 bridgehead atoms. The zero-order valence-corrected chi connectivity index (χ0v) is 9.28. The van der Waals surface area contributed by atoms with Crippen LogP contribution >= 0.6 is 0 Å². The Morgan fingerprint density at radius 3 is 2.88 bits per heavy atom. The number of para-hydroxylation sites is 1. The van der Waals surface area contributed by atoms with Gasteiger partial charge < -0.3 is 9.84 Å². The van der Waals surface area contributed by atoms with Crippen LogP contribution in [-0.2, 0) is 6.42 Å². The first-order chi connectivity index (χ1) is 8.34. The fourth-order valence-electron chi connectivity index (χ4n) is 2.15. The lowest BCUT2D eigenvalue weighted by Crippen LogP contribution is -2.23. The van der Waals surface area contributed by atoms with Crippen molar-refractivity contribution in [3.8, 4) is 5.75 Å². The average Bonchev–Trinajstić information content (AvgIpc) is 2.82. The van der Waals surface area contributed by atoms with Gasteiger partial charge in [-0.05, 0) is 17.7 Å². The first kappa shape index (κ1) is 10.3. The molecular weight excluding hydrogens is 214 g/mol. The van der Waals surface area contributed by atoms with Crippen molar-refractivity contribution in [3.05, 3.63) is 59.9 Å². The first-order valence-electron chi connectivity index (χ1n) is 5.67. The lowest BCUT2D eigenvalue weighted by atomic mass is 10.0. The molecule has 1 aromatic heterocycles. The minimum absolute atomic E-state index is 0.211. The van der Waals surface area contributed by atoms with Crippen molar-refractivity contribution in [1.82, 2.24) is 4.98 Å². The Bertz CT molecular complexity index is 488. The summed E-state index contributed by atoms with van der Waals surface area (Å²) in [6.07, 6.45) is 3.27. The van der Waals surface area contributed by atoms with Gasteiger partial charge in [-0.25, -0.2) is 0 Å². The Kier molecular flexibility index (Phi) is 2.53. The minimum atomic E-state index is -0.629. The van der Waals surface area contributed by atoms with Crippen molar-refractivity contribution in [2.45, 2.75) is 18.6 Å². The van der Waals surface area contributed by atoms with Crippen molar-refractivity contribution in [3.63, 3.8) is 0 Å². The van der Waals surface area contributed by atoms with E-state index in [9.17, 15) is 5.11 Å². The second-order valence-electron chi connectivity index (χ2n) is 4.20. The molecule has 0 spiro atoms. The zero-order valence-electron chi connectivity index (χ0n) is 9.28. The van der Waals surface area contributed by atoms with E-state index >= 15 is 0 Å². The van der Waals surface area contributed by atoms with E-state index in [1.165, 1.54) is 0 Å². The van der Waals surface area contributed by atoms with Gasteiger partial charge in [0.25, 0.3) is 0 Å². The normalized spacial score (nSPS) is 19.5. The maximum absolute atomic E-state index is 10.2. The molecule has 2 atom stereocenters. The molecule has 2 aromatic rings. The molecule has 2 unspecified atom stereocenters. The van der Waals surface area contributed by atoms with Crippen LogP contribution in [0.4, 0.5) is 0 Å². The summed E-state index contributed by atoms with van der Waals surface area (Å²) in [5, 5.41) is 10.2. The fourth-order valence-corrected chi connectivity index (χ4v) is 2.15. The third kappa shape index (κ3) is 1.89. The molecule has 1 aliphatic heterocycles. The number of nitrogens with zero attached hydrogens (tertiary/aromatic N) is 1. The number of hydrogen-bond acceptors (Lipinski definition) is 3. The molecule has 2 heterocycles. The van der Waals surface area contributed by atoms with Crippen molar-refractivity contribution in [2.24, 2.45) is 0 Å². The second-order valence-corrected chi connectivity index (χ2v) is 4.20. The summed E-state index contributed by atoms with van der Waals surface area (Å²) >= 11 is 0. The highest BCUT2D eigenvalue weighted by molar-refractivity contribution is 5.38. The molecule has 3 rings (SSSR count). The van der Waals surface area contributed by atoms with Crippen LogP contribution in [0.1, 0.15) is 17.2 Å². The van der Waals surface area contributed by atoms with Gasteiger partial charge in [-0.15, -0.1) is 0 Å². The number of pyridine rings is 1. The van der Waals surface area contributed by atoms with Crippen molar-refractivity contribution in [1.29, 1.82) is 0 Å². The van der Waals surface area contributed by atoms with Crippen molar-refractivity contribution >= 4 is 0 Å². The SMILES string of the molecule is OC(c1cccnc1)C1Cc2ccccc2O1. The van der Waals surface area contributed by atoms with Gasteiger partial charge >= 0.3 is 0 Å². The Hall–Kier alpha value is -1.87. The standard InChI is InChI=1S/C14H13NO2/c16-14(11-5-3-7-15-9-11)13-8-10-4-1-2-6-12(10)17-13/h1-7,9,13-14,16H,8H2. The summed E-state index contributed by atoms with van der Waals surface area (Å²) in [6.45, 7) is 0. The Balaban J connectivity index is 1.81. The molecule has 0 fully saturated rings. The molecule has 0 amide bonds. The number of ether oxygens (including phenoxy) is 1. The van der Waals surface area contributed by atoms with Crippen LogP contribution < -0.4 is 4.74 Å². The summed E-state index contributed by atoms with van der Waals surface area (Å²) in [4.78, 5) is 4.01. The largest absolute Gasteiger partial charge is 0.487 e. The van der Waals surface area contributed by atoms with Crippen LogP contribution in [0.2, 0.25) is 0 Å². The maximum Gasteiger partial charge on any atom is 0.133 e. The molecule has 1 aromatic carbocycles. The van der Waals surface area contributed by atoms with Gasteiger partial charge in [0.15, 0.2) is 0 Å². The van der Waals surface area contributed by atoms with E-state index in [2.05, 4.69) is 4.98 Å². The van der Waals surface area contributed by atoms with Crippen LogP contribution in [0.5, 0.6) is 5.75 Å². The molecule has 0 radical (unpaired) electrons. The number of aliphatic hydroxyl groups is 1. The highest BCUT2D eigenvalue weighted by Crippen LogP contribution is 2.33. The lowest BCUT2D eigenvalue weighted by Gasteiger charge is -2.17. The zero-order chi connectivity index (χ0) is 11.7. The van der Waals surface area contributed by atoms with E-state index in [1.807, 2.05) is 36.4 Å². The van der Waals surface area contributed by atoms with Gasteiger partial charge in [0.05, 0.1) is 0 Å². The minimum Gasteiger partial charge on any atom is -0.487 e. The Labute approximate surface area is 99.7 Å². The fraction of sp³-hybridized carbons (Fsp3) is 0.214. The number of aromatic nitrogens is 1. The van der Waals surface area contributed by atoms with Gasteiger partial charge in [0, 0.05) is 24.4 Å². The molecule has 1 aliphatic rings. The van der Waals surface area contributed by atoms with Crippen LogP contribution in [0.25, 0.3) is 0 Å². The monoisotopic (exact) mass is 227 g/mol. The van der Waals surface area contributed by atoms with E-state index in [1.54, 1.807) is 12.4 Å². The molecule has 1 N–H and O–H groups in total. The van der Waals surface area contributed by atoms with Crippen molar-refractivity contribution < 1.29 is 9.84 Å². The first-order valence-corrected chi connectivity index (χ1v) is 5.67. The van der Waals surface area contributed by atoms with Crippen LogP contribution in [0.15, 0.2) is 48.8 Å². The summed E-state index contributed by atoms with van der Waals surface area (Å²) in [6, 6.07) is 11.6. The van der Waals surface area contributed by atoms with Gasteiger partial charge in [0.2, 0.25) is 0 Å². The van der Waals surface area contributed by atoms with Crippen LogP contribution in [-0.4, -0.2) is 16.2 Å². The molecule has 86 valence electrons. The number of aliphatic hydroxyl groups excluding tert-OH is 1. The van der Waals surface area contributed by atoms with E-state index in [0.717, 1.165) is 23.3 Å². The molecule has 17 heavy (non-hydrogen) atoms. The summed E-state index contributed by atoms with van der Waals surface area (Å²) in [7, 11) is 0. The average molecular weight is 227 g/mol. The van der Waals surface area contributed by atoms with Crippen molar-refractivity contribution in [2.75, 3.05) is 0 Å². The van der Waals surface area contributed by atoms with E-state index in [0.29, 0.717) is 0 Å². The lowest BCUT2D eigenvalue weighted by molar-refractivity contribution is 0.0490. The highest BCUT2D eigenvalue weighted by atomic mass is 16.5. The third-order valence-corrected chi connectivity index (χ3v) is 3.05. The summed E-state index contributed by atoms with van der Waals surface area (Å²) < 4.78 is 5.75. The molecule has 0 aliphatic carbocycles. The number of benzene rings is 1. The van der Waals surface area contributed by atoms with Gasteiger partial charge in [0.1, 0.15) is 18.0 Å². The number of rotatable bonds is 2. The van der Waals surface area contributed by atoms with E-state index in [4.69, 9.17) is 4.74 Å². The van der Waals surface area contributed by atoms with Gasteiger partial charge in [-0.2, -0.15) is 0 Å². The highest BCUT2D eigenvalue weighted by Gasteiger charge is 2.29. The van der Waals surface area contributed by atoms with E-state index in [-0.39, 0.29) is 6.10 Å². The number of fused-ring (bicyclic) bond motifs is 1. The molecule has 3 heteroatoms. The topological polar surface area (TPSA) is 42.4 Å². The number of hydrogen-bond donors (Lipinski definition) is 1. The van der Waals surface area contributed by atoms with E-state index < -0.39 is 6.10 Å². The molecule has 3 nitrogen and oxygen atoms in total. The molecule has 0 saturated carbocycles. The molecule has 0 saturated heterocycles.